The second-order valence-corrected chi connectivity index (χ2v) is 7.20. The molecule has 3 nitrogen and oxygen atoms in total. The van der Waals surface area contributed by atoms with Gasteiger partial charge in [-0.1, -0.05) is 31.5 Å². The molecule has 4 heteroatoms. The summed E-state index contributed by atoms with van der Waals surface area (Å²) >= 11 is 0. The standard InChI is InChI=1S/C13H20O3S/c1-11-4-6-12(7-5-11)17(15,16)10-13(2,3)8-9-14/h4-7,14H,8-10H2,1-3H3. The minimum absolute atomic E-state index is 0.0103. The maximum absolute atomic E-state index is 12.2. The third-order valence-electron chi connectivity index (χ3n) is 2.75. The van der Waals surface area contributed by atoms with Crippen LogP contribution in [0.25, 0.3) is 0 Å². The van der Waals surface area contributed by atoms with E-state index in [4.69, 9.17) is 5.11 Å². The van der Waals surface area contributed by atoms with Gasteiger partial charge in [0.1, 0.15) is 0 Å². The van der Waals surface area contributed by atoms with Gasteiger partial charge in [0.05, 0.1) is 10.6 Å². The van der Waals surface area contributed by atoms with Crippen LogP contribution in [0.5, 0.6) is 0 Å². The van der Waals surface area contributed by atoms with Crippen LogP contribution in [-0.2, 0) is 9.84 Å². The maximum atomic E-state index is 12.2. The molecule has 0 radical (unpaired) electrons. The van der Waals surface area contributed by atoms with E-state index in [0.29, 0.717) is 11.3 Å². The lowest BCUT2D eigenvalue weighted by molar-refractivity contribution is 0.226. The van der Waals surface area contributed by atoms with Crippen molar-refractivity contribution in [2.75, 3.05) is 12.4 Å². The highest BCUT2D eigenvalue weighted by Crippen LogP contribution is 2.25. The molecule has 0 aliphatic heterocycles. The van der Waals surface area contributed by atoms with Crippen LogP contribution in [0.3, 0.4) is 0 Å². The van der Waals surface area contributed by atoms with Crippen molar-refractivity contribution in [1.29, 1.82) is 0 Å². The number of aryl methyl sites for hydroxylation is 1. The lowest BCUT2D eigenvalue weighted by Gasteiger charge is -2.23. The summed E-state index contributed by atoms with van der Waals surface area (Å²) in [7, 11) is -3.27. The Hall–Kier alpha value is -0.870. The van der Waals surface area contributed by atoms with Gasteiger partial charge in [-0.05, 0) is 30.9 Å². The van der Waals surface area contributed by atoms with Gasteiger partial charge in [-0.2, -0.15) is 0 Å². The van der Waals surface area contributed by atoms with E-state index in [1.807, 2.05) is 20.8 Å². The van der Waals surface area contributed by atoms with Crippen LogP contribution < -0.4 is 0 Å². The molecule has 0 saturated carbocycles. The predicted molar refractivity (Wildman–Crippen MR) is 68.7 cm³/mol. The Bertz CT molecular complexity index is 458. The molecule has 1 rings (SSSR count). The van der Waals surface area contributed by atoms with Gasteiger partial charge in [-0.15, -0.1) is 0 Å². The van der Waals surface area contributed by atoms with Crippen molar-refractivity contribution in [3.05, 3.63) is 29.8 Å². The summed E-state index contributed by atoms with van der Waals surface area (Å²) in [5.74, 6) is 0.0591. The van der Waals surface area contributed by atoms with Gasteiger partial charge in [0.15, 0.2) is 9.84 Å². The van der Waals surface area contributed by atoms with Crippen LogP contribution in [0.4, 0.5) is 0 Å². The molecule has 96 valence electrons. The molecule has 0 amide bonds. The fourth-order valence-electron chi connectivity index (χ4n) is 1.72. The van der Waals surface area contributed by atoms with Crippen molar-refractivity contribution >= 4 is 9.84 Å². The van der Waals surface area contributed by atoms with E-state index < -0.39 is 15.3 Å². The van der Waals surface area contributed by atoms with Crippen LogP contribution >= 0.6 is 0 Å². The van der Waals surface area contributed by atoms with Crippen molar-refractivity contribution in [3.8, 4) is 0 Å². The highest BCUT2D eigenvalue weighted by molar-refractivity contribution is 7.91. The lowest BCUT2D eigenvalue weighted by Crippen LogP contribution is -2.25. The van der Waals surface area contributed by atoms with E-state index in [2.05, 4.69) is 0 Å². The Balaban J connectivity index is 2.93. The van der Waals surface area contributed by atoms with Gasteiger partial charge >= 0.3 is 0 Å². The summed E-state index contributed by atoms with van der Waals surface area (Å²) in [6.45, 7) is 5.65. The molecule has 0 spiro atoms. The Morgan fingerprint density at radius 1 is 1.18 bits per heavy atom. The van der Waals surface area contributed by atoms with Crippen LogP contribution in [0.2, 0.25) is 0 Å². The van der Waals surface area contributed by atoms with Crippen LogP contribution in [0.1, 0.15) is 25.8 Å². The quantitative estimate of drug-likeness (QED) is 0.878. The Morgan fingerprint density at radius 2 is 1.71 bits per heavy atom. The summed E-state index contributed by atoms with van der Waals surface area (Å²) in [6, 6.07) is 6.87. The van der Waals surface area contributed by atoms with Gasteiger partial charge < -0.3 is 5.11 Å². The van der Waals surface area contributed by atoms with E-state index in [1.165, 1.54) is 0 Å². The van der Waals surface area contributed by atoms with Crippen molar-refractivity contribution in [3.63, 3.8) is 0 Å². The average Bonchev–Trinajstić information content (AvgIpc) is 2.16. The number of rotatable bonds is 5. The number of benzene rings is 1. The molecule has 1 aromatic carbocycles. The van der Waals surface area contributed by atoms with E-state index in [9.17, 15) is 8.42 Å². The highest BCUT2D eigenvalue weighted by Gasteiger charge is 2.26. The van der Waals surface area contributed by atoms with Crippen molar-refractivity contribution in [2.45, 2.75) is 32.1 Å². The Labute approximate surface area is 103 Å². The zero-order valence-corrected chi connectivity index (χ0v) is 11.4. The molecule has 0 aliphatic rings. The number of hydrogen-bond donors (Lipinski definition) is 1. The van der Waals surface area contributed by atoms with E-state index in [1.54, 1.807) is 24.3 Å². The summed E-state index contributed by atoms with van der Waals surface area (Å²) < 4.78 is 24.3. The minimum Gasteiger partial charge on any atom is -0.396 e. The first-order valence-electron chi connectivity index (χ1n) is 5.67. The number of hydrogen-bond acceptors (Lipinski definition) is 3. The summed E-state index contributed by atoms with van der Waals surface area (Å²) in [4.78, 5) is 0.356. The van der Waals surface area contributed by atoms with E-state index in [-0.39, 0.29) is 12.4 Å². The normalized spacial score (nSPS) is 12.7. The fourth-order valence-corrected chi connectivity index (χ4v) is 3.61. The smallest absolute Gasteiger partial charge is 0.178 e. The molecule has 0 aromatic heterocycles. The molecule has 1 aromatic rings. The summed E-state index contributed by atoms with van der Waals surface area (Å²) in [5.41, 5.74) is 0.636. The molecule has 0 heterocycles. The van der Waals surface area contributed by atoms with Crippen molar-refractivity contribution in [1.82, 2.24) is 0 Å². The first-order valence-corrected chi connectivity index (χ1v) is 7.32. The zero-order chi connectivity index (χ0) is 13.1. The molecule has 1 N–H and O–H groups in total. The molecule has 0 bridgehead atoms. The summed E-state index contributed by atoms with van der Waals surface area (Å²) in [6.07, 6.45) is 0.484. The van der Waals surface area contributed by atoms with Gasteiger partial charge in [-0.25, -0.2) is 8.42 Å². The second kappa shape index (κ2) is 5.19. The van der Waals surface area contributed by atoms with Crippen LogP contribution in [-0.4, -0.2) is 25.9 Å². The second-order valence-electron chi connectivity index (χ2n) is 5.21. The Kier molecular flexibility index (Phi) is 4.33. The molecular formula is C13H20O3S. The SMILES string of the molecule is Cc1ccc(S(=O)(=O)CC(C)(C)CCO)cc1. The minimum atomic E-state index is -3.27. The number of aliphatic hydroxyl groups is 1. The first kappa shape index (κ1) is 14.2. The predicted octanol–water partition coefficient (Wildman–Crippen LogP) is 2.18. The monoisotopic (exact) mass is 256 g/mol. The highest BCUT2D eigenvalue weighted by atomic mass is 32.2. The molecule has 17 heavy (non-hydrogen) atoms. The van der Waals surface area contributed by atoms with Crippen LogP contribution in [0, 0.1) is 12.3 Å². The third-order valence-corrected chi connectivity index (χ3v) is 4.90. The first-order chi connectivity index (χ1) is 7.77. The molecule has 0 fully saturated rings. The van der Waals surface area contributed by atoms with Gasteiger partial charge in [-0.3, -0.25) is 0 Å². The maximum Gasteiger partial charge on any atom is 0.178 e. The van der Waals surface area contributed by atoms with Gasteiger partial charge in [0.2, 0.25) is 0 Å². The molecular weight excluding hydrogens is 236 g/mol. The molecule has 0 aliphatic carbocycles. The Morgan fingerprint density at radius 3 is 2.18 bits per heavy atom. The summed E-state index contributed by atoms with van der Waals surface area (Å²) in [5, 5.41) is 8.91. The topological polar surface area (TPSA) is 54.4 Å². The average molecular weight is 256 g/mol. The fraction of sp³-hybridized carbons (Fsp3) is 0.538. The van der Waals surface area contributed by atoms with Gasteiger partial charge in [0.25, 0.3) is 0 Å². The van der Waals surface area contributed by atoms with Gasteiger partial charge in [0, 0.05) is 6.61 Å². The van der Waals surface area contributed by atoms with E-state index in [0.717, 1.165) is 5.56 Å². The lowest BCUT2D eigenvalue weighted by atomic mass is 9.93. The number of sulfone groups is 1. The van der Waals surface area contributed by atoms with Crippen molar-refractivity contribution < 1.29 is 13.5 Å². The third kappa shape index (κ3) is 4.13. The van der Waals surface area contributed by atoms with E-state index >= 15 is 0 Å². The largest absolute Gasteiger partial charge is 0.396 e. The molecule has 0 atom stereocenters. The van der Waals surface area contributed by atoms with Crippen LogP contribution in [0.15, 0.2) is 29.2 Å². The number of aliphatic hydroxyl groups excluding tert-OH is 1. The van der Waals surface area contributed by atoms with Crippen molar-refractivity contribution in [2.24, 2.45) is 5.41 Å². The zero-order valence-electron chi connectivity index (χ0n) is 10.6. The molecule has 0 saturated heterocycles. The molecule has 0 unspecified atom stereocenters.